The zero-order chi connectivity index (χ0) is 9.26. The maximum absolute atomic E-state index is 5.09. The van der Waals surface area contributed by atoms with Crippen LogP contribution in [0.25, 0.3) is 5.57 Å². The van der Waals surface area contributed by atoms with Crippen molar-refractivity contribution in [3.8, 4) is 0 Å². The maximum Gasteiger partial charge on any atom is 0.113 e. The number of hydrogen-bond donors (Lipinski definition) is 1. The Morgan fingerprint density at radius 1 is 1.23 bits per heavy atom. The number of nitrogens with zero attached hydrogens (tertiary/aromatic N) is 1. The molecule has 0 fully saturated rings. The van der Waals surface area contributed by atoms with E-state index in [4.69, 9.17) is 24.4 Å². The van der Waals surface area contributed by atoms with E-state index in [2.05, 4.69) is 10.3 Å². The summed E-state index contributed by atoms with van der Waals surface area (Å²) in [5, 5.41) is 2.90. The SMILES string of the molecule is S=C1C=C(c2ccccn2)C(=S)N1. The second kappa shape index (κ2) is 3.32. The van der Waals surface area contributed by atoms with Gasteiger partial charge in [0.1, 0.15) is 9.98 Å². The number of hydrogen-bond acceptors (Lipinski definition) is 3. The Labute approximate surface area is 86.7 Å². The van der Waals surface area contributed by atoms with E-state index in [0.717, 1.165) is 11.3 Å². The van der Waals surface area contributed by atoms with Gasteiger partial charge >= 0.3 is 0 Å². The molecule has 2 heterocycles. The van der Waals surface area contributed by atoms with Crippen molar-refractivity contribution >= 4 is 40.0 Å². The summed E-state index contributed by atoms with van der Waals surface area (Å²) in [5.74, 6) is 0. The zero-order valence-electron chi connectivity index (χ0n) is 6.65. The molecule has 4 heteroatoms. The predicted octanol–water partition coefficient (Wildman–Crippen LogP) is 1.72. The minimum atomic E-state index is 0.656. The van der Waals surface area contributed by atoms with Gasteiger partial charge in [-0.05, 0) is 18.2 Å². The highest BCUT2D eigenvalue weighted by atomic mass is 32.1. The van der Waals surface area contributed by atoms with Gasteiger partial charge in [-0.1, -0.05) is 30.5 Å². The lowest BCUT2D eigenvalue weighted by Gasteiger charge is -1.99. The van der Waals surface area contributed by atoms with Crippen molar-refractivity contribution in [1.82, 2.24) is 10.3 Å². The quantitative estimate of drug-likeness (QED) is 0.707. The van der Waals surface area contributed by atoms with Crippen molar-refractivity contribution in [2.24, 2.45) is 0 Å². The topological polar surface area (TPSA) is 24.9 Å². The molecular formula is C9H6N2S2. The minimum Gasteiger partial charge on any atom is -0.337 e. The van der Waals surface area contributed by atoms with E-state index < -0.39 is 0 Å². The molecule has 0 aliphatic carbocycles. The molecule has 0 radical (unpaired) electrons. The number of aromatic nitrogens is 1. The van der Waals surface area contributed by atoms with Gasteiger partial charge in [0, 0.05) is 11.8 Å². The first-order valence-corrected chi connectivity index (χ1v) is 4.57. The molecular weight excluding hydrogens is 200 g/mol. The third-order valence-corrected chi connectivity index (χ3v) is 2.24. The maximum atomic E-state index is 5.09. The summed E-state index contributed by atoms with van der Waals surface area (Å²) < 4.78 is 0. The summed E-state index contributed by atoms with van der Waals surface area (Å²) in [5.41, 5.74) is 1.76. The minimum absolute atomic E-state index is 0.656. The Morgan fingerprint density at radius 3 is 2.62 bits per heavy atom. The molecule has 13 heavy (non-hydrogen) atoms. The molecule has 0 bridgehead atoms. The molecule has 1 aliphatic heterocycles. The molecule has 1 aromatic rings. The molecule has 0 atom stereocenters. The van der Waals surface area contributed by atoms with Crippen molar-refractivity contribution in [2.75, 3.05) is 0 Å². The molecule has 0 aromatic carbocycles. The van der Waals surface area contributed by atoms with Crippen LogP contribution in [-0.2, 0) is 0 Å². The van der Waals surface area contributed by atoms with Crippen LogP contribution in [0.5, 0.6) is 0 Å². The highest BCUT2D eigenvalue weighted by Gasteiger charge is 2.16. The molecule has 0 unspecified atom stereocenters. The van der Waals surface area contributed by atoms with E-state index in [-0.39, 0.29) is 0 Å². The van der Waals surface area contributed by atoms with Gasteiger partial charge in [0.25, 0.3) is 0 Å². The number of nitrogens with one attached hydrogen (secondary N) is 1. The summed E-state index contributed by atoms with van der Waals surface area (Å²) in [6.45, 7) is 0. The lowest BCUT2D eigenvalue weighted by atomic mass is 10.2. The van der Waals surface area contributed by atoms with Crippen LogP contribution < -0.4 is 5.32 Å². The smallest absolute Gasteiger partial charge is 0.113 e. The van der Waals surface area contributed by atoms with E-state index in [0.29, 0.717) is 9.98 Å². The third kappa shape index (κ3) is 1.64. The van der Waals surface area contributed by atoms with Gasteiger partial charge in [-0.25, -0.2) is 0 Å². The molecule has 64 valence electrons. The number of pyridine rings is 1. The molecule has 0 saturated carbocycles. The second-order valence-electron chi connectivity index (χ2n) is 2.59. The van der Waals surface area contributed by atoms with Crippen LogP contribution in [0.15, 0.2) is 30.5 Å². The van der Waals surface area contributed by atoms with E-state index in [9.17, 15) is 0 Å². The van der Waals surface area contributed by atoms with E-state index in [1.165, 1.54) is 0 Å². The van der Waals surface area contributed by atoms with Crippen molar-refractivity contribution in [3.63, 3.8) is 0 Å². The first-order chi connectivity index (χ1) is 6.27. The van der Waals surface area contributed by atoms with E-state index >= 15 is 0 Å². The third-order valence-electron chi connectivity index (χ3n) is 1.70. The van der Waals surface area contributed by atoms with Crippen LogP contribution in [0.4, 0.5) is 0 Å². The standard InChI is InChI=1S/C9H6N2S2/c12-8-5-6(9(13)11-8)7-3-1-2-4-10-7/h1-5H,(H,11,12,13). The average Bonchev–Trinajstić information content (AvgIpc) is 2.47. The normalized spacial score (nSPS) is 15.5. The zero-order valence-corrected chi connectivity index (χ0v) is 8.28. The Morgan fingerprint density at radius 2 is 2.08 bits per heavy atom. The number of rotatable bonds is 1. The summed E-state index contributed by atoms with van der Waals surface area (Å²) in [6, 6.07) is 5.70. The van der Waals surface area contributed by atoms with E-state index in [1.807, 2.05) is 24.3 Å². The van der Waals surface area contributed by atoms with Gasteiger partial charge < -0.3 is 5.32 Å². The fraction of sp³-hybridized carbons (Fsp3) is 0. The van der Waals surface area contributed by atoms with Crippen molar-refractivity contribution < 1.29 is 0 Å². The monoisotopic (exact) mass is 206 g/mol. The average molecular weight is 206 g/mol. The van der Waals surface area contributed by atoms with Crippen LogP contribution in [-0.4, -0.2) is 15.0 Å². The molecule has 0 saturated heterocycles. The first-order valence-electron chi connectivity index (χ1n) is 3.76. The van der Waals surface area contributed by atoms with Crippen molar-refractivity contribution in [3.05, 3.63) is 36.2 Å². The first kappa shape index (κ1) is 8.47. The van der Waals surface area contributed by atoms with Gasteiger partial charge in [-0.15, -0.1) is 0 Å². The summed E-state index contributed by atoms with van der Waals surface area (Å²) in [4.78, 5) is 5.50. The number of thiocarbonyl (C=S) groups is 2. The Bertz CT molecular complexity index is 395. The molecule has 2 nitrogen and oxygen atoms in total. The highest BCUT2D eigenvalue weighted by Crippen LogP contribution is 2.16. The molecule has 0 amide bonds. The van der Waals surface area contributed by atoms with Crippen molar-refractivity contribution in [1.29, 1.82) is 0 Å². The fourth-order valence-electron chi connectivity index (χ4n) is 1.12. The summed E-state index contributed by atoms with van der Waals surface area (Å²) in [7, 11) is 0. The van der Waals surface area contributed by atoms with Crippen LogP contribution in [0, 0.1) is 0 Å². The van der Waals surface area contributed by atoms with Gasteiger partial charge in [-0.3, -0.25) is 4.98 Å². The van der Waals surface area contributed by atoms with Crippen LogP contribution in [0.3, 0.4) is 0 Å². The lowest BCUT2D eigenvalue weighted by molar-refractivity contribution is 1.29. The Hall–Kier alpha value is -1.13. The largest absolute Gasteiger partial charge is 0.337 e. The van der Waals surface area contributed by atoms with Crippen LogP contribution in [0.1, 0.15) is 5.69 Å². The van der Waals surface area contributed by atoms with Crippen molar-refractivity contribution in [2.45, 2.75) is 0 Å². The summed E-state index contributed by atoms with van der Waals surface area (Å²) >= 11 is 10.1. The van der Waals surface area contributed by atoms with Crippen LogP contribution in [0.2, 0.25) is 0 Å². The van der Waals surface area contributed by atoms with Gasteiger partial charge in [0.05, 0.1) is 5.69 Å². The predicted molar refractivity (Wildman–Crippen MR) is 60.5 cm³/mol. The highest BCUT2D eigenvalue weighted by molar-refractivity contribution is 7.83. The molecule has 1 aromatic heterocycles. The van der Waals surface area contributed by atoms with Gasteiger partial charge in [0.2, 0.25) is 0 Å². The molecule has 2 rings (SSSR count). The fourth-order valence-corrected chi connectivity index (χ4v) is 1.68. The molecule has 0 spiro atoms. The molecule has 1 N–H and O–H groups in total. The molecule has 1 aliphatic rings. The van der Waals surface area contributed by atoms with Crippen LogP contribution >= 0.6 is 24.4 Å². The Kier molecular flexibility index (Phi) is 2.16. The second-order valence-corrected chi connectivity index (χ2v) is 3.44. The lowest BCUT2D eigenvalue weighted by Crippen LogP contribution is -2.18. The Balaban J connectivity index is 2.43. The van der Waals surface area contributed by atoms with Gasteiger partial charge in [-0.2, -0.15) is 0 Å². The van der Waals surface area contributed by atoms with Gasteiger partial charge in [0.15, 0.2) is 0 Å². The summed E-state index contributed by atoms with van der Waals surface area (Å²) in [6.07, 6.45) is 3.57. The van der Waals surface area contributed by atoms with E-state index in [1.54, 1.807) is 6.20 Å².